The fourth-order valence-corrected chi connectivity index (χ4v) is 2.05. The molecule has 1 aromatic heterocycles. The maximum absolute atomic E-state index is 11.2. The molecule has 2 N–H and O–H groups in total. The SMILES string of the molecule is CC(C)n1nc(C(=O)O)c(CO)c1Oc1cccc(Cl)c1. The van der Waals surface area contributed by atoms with Gasteiger partial charge in [-0.3, -0.25) is 0 Å². The molecule has 0 saturated heterocycles. The van der Waals surface area contributed by atoms with Crippen molar-refractivity contribution >= 4 is 17.6 Å². The molecule has 0 unspecified atom stereocenters. The second kappa shape index (κ2) is 6.15. The number of nitrogens with zero attached hydrogens (tertiary/aromatic N) is 2. The number of hydrogen-bond donors (Lipinski definition) is 2. The van der Waals surface area contributed by atoms with Crippen molar-refractivity contribution in [2.75, 3.05) is 0 Å². The summed E-state index contributed by atoms with van der Waals surface area (Å²) < 4.78 is 7.12. The quantitative estimate of drug-likeness (QED) is 0.886. The Morgan fingerprint density at radius 1 is 1.48 bits per heavy atom. The summed E-state index contributed by atoms with van der Waals surface area (Å²) in [7, 11) is 0. The molecule has 21 heavy (non-hydrogen) atoms. The van der Waals surface area contributed by atoms with Crippen LogP contribution in [-0.2, 0) is 6.61 Å². The van der Waals surface area contributed by atoms with E-state index in [9.17, 15) is 9.90 Å². The molecule has 112 valence electrons. The first-order valence-electron chi connectivity index (χ1n) is 6.33. The van der Waals surface area contributed by atoms with Crippen LogP contribution in [0.15, 0.2) is 24.3 Å². The highest BCUT2D eigenvalue weighted by Gasteiger charge is 2.25. The van der Waals surface area contributed by atoms with Gasteiger partial charge in [-0.25, -0.2) is 9.48 Å². The fourth-order valence-electron chi connectivity index (χ4n) is 1.87. The second-order valence-electron chi connectivity index (χ2n) is 4.69. The number of carboxylic acids is 1. The minimum absolute atomic E-state index is 0.127. The zero-order chi connectivity index (χ0) is 15.6. The van der Waals surface area contributed by atoms with Crippen LogP contribution in [-0.4, -0.2) is 26.0 Å². The van der Waals surface area contributed by atoms with Crippen molar-refractivity contribution in [3.05, 3.63) is 40.5 Å². The number of aromatic carboxylic acids is 1. The molecule has 0 atom stereocenters. The van der Waals surface area contributed by atoms with Crippen LogP contribution in [0.1, 0.15) is 35.9 Å². The summed E-state index contributed by atoms with van der Waals surface area (Å²) in [4.78, 5) is 11.2. The summed E-state index contributed by atoms with van der Waals surface area (Å²) in [5.74, 6) is -0.572. The van der Waals surface area contributed by atoms with Gasteiger partial charge in [0.05, 0.1) is 18.2 Å². The highest BCUT2D eigenvalue weighted by molar-refractivity contribution is 6.30. The Balaban J connectivity index is 2.52. The first-order chi connectivity index (χ1) is 9.93. The van der Waals surface area contributed by atoms with Crippen LogP contribution in [0, 0.1) is 0 Å². The first-order valence-corrected chi connectivity index (χ1v) is 6.70. The Hall–Kier alpha value is -2.05. The molecule has 0 saturated carbocycles. The van der Waals surface area contributed by atoms with Gasteiger partial charge < -0.3 is 14.9 Å². The Labute approximate surface area is 126 Å². The number of carboxylic acid groups (broad SMARTS) is 1. The van der Waals surface area contributed by atoms with Crippen LogP contribution in [0.3, 0.4) is 0 Å². The number of rotatable bonds is 5. The summed E-state index contributed by atoms with van der Waals surface area (Å²) in [6, 6.07) is 6.57. The van der Waals surface area contributed by atoms with E-state index < -0.39 is 12.6 Å². The Morgan fingerprint density at radius 2 is 2.19 bits per heavy atom. The molecule has 6 nitrogen and oxygen atoms in total. The van der Waals surface area contributed by atoms with Crippen molar-refractivity contribution in [1.82, 2.24) is 9.78 Å². The molecule has 0 radical (unpaired) electrons. The van der Waals surface area contributed by atoms with Crippen molar-refractivity contribution < 1.29 is 19.7 Å². The fraction of sp³-hybridized carbons (Fsp3) is 0.286. The monoisotopic (exact) mass is 310 g/mol. The van der Waals surface area contributed by atoms with E-state index in [1.54, 1.807) is 24.3 Å². The molecular formula is C14H15ClN2O4. The van der Waals surface area contributed by atoms with Crippen LogP contribution >= 0.6 is 11.6 Å². The minimum atomic E-state index is -1.21. The van der Waals surface area contributed by atoms with Crippen LogP contribution < -0.4 is 4.74 Å². The molecule has 0 spiro atoms. The molecule has 1 aromatic carbocycles. The van der Waals surface area contributed by atoms with E-state index in [4.69, 9.17) is 21.4 Å². The molecule has 2 aromatic rings. The number of benzene rings is 1. The third-order valence-electron chi connectivity index (χ3n) is 2.82. The van der Waals surface area contributed by atoms with E-state index in [1.807, 2.05) is 13.8 Å². The molecule has 0 amide bonds. The normalized spacial score (nSPS) is 10.9. The van der Waals surface area contributed by atoms with Gasteiger partial charge in [-0.05, 0) is 32.0 Å². The molecule has 0 fully saturated rings. The summed E-state index contributed by atoms with van der Waals surface area (Å²) in [5.41, 5.74) is -0.0839. The van der Waals surface area contributed by atoms with Gasteiger partial charge >= 0.3 is 5.97 Å². The third-order valence-corrected chi connectivity index (χ3v) is 3.06. The molecule has 0 aliphatic carbocycles. The lowest BCUT2D eigenvalue weighted by Crippen LogP contribution is -2.06. The van der Waals surface area contributed by atoms with E-state index >= 15 is 0 Å². The molecular weight excluding hydrogens is 296 g/mol. The van der Waals surface area contributed by atoms with Gasteiger partial charge in [-0.1, -0.05) is 17.7 Å². The highest BCUT2D eigenvalue weighted by Crippen LogP contribution is 2.31. The van der Waals surface area contributed by atoms with Gasteiger partial charge in [-0.2, -0.15) is 5.10 Å². The number of aromatic nitrogens is 2. The van der Waals surface area contributed by atoms with Crippen molar-refractivity contribution in [2.24, 2.45) is 0 Å². The maximum atomic E-state index is 11.2. The van der Waals surface area contributed by atoms with E-state index in [-0.39, 0.29) is 23.2 Å². The van der Waals surface area contributed by atoms with Crippen molar-refractivity contribution in [3.63, 3.8) is 0 Å². The van der Waals surface area contributed by atoms with E-state index in [0.717, 1.165) is 0 Å². The zero-order valence-corrected chi connectivity index (χ0v) is 12.3. The van der Waals surface area contributed by atoms with Crippen LogP contribution in [0.4, 0.5) is 0 Å². The minimum Gasteiger partial charge on any atom is -0.476 e. The average molecular weight is 311 g/mol. The Kier molecular flexibility index (Phi) is 4.50. The third kappa shape index (κ3) is 3.17. The number of hydrogen-bond acceptors (Lipinski definition) is 4. The molecule has 2 rings (SSSR count). The van der Waals surface area contributed by atoms with Crippen LogP contribution in [0.2, 0.25) is 5.02 Å². The van der Waals surface area contributed by atoms with Crippen molar-refractivity contribution in [1.29, 1.82) is 0 Å². The zero-order valence-electron chi connectivity index (χ0n) is 11.6. The molecule has 0 aliphatic rings. The van der Waals surface area contributed by atoms with Crippen molar-refractivity contribution in [3.8, 4) is 11.6 Å². The predicted octanol–water partition coefficient (Wildman–Crippen LogP) is 3.10. The summed E-state index contributed by atoms with van der Waals surface area (Å²) in [6.45, 7) is 3.19. The molecule has 1 heterocycles. The molecule has 7 heteroatoms. The largest absolute Gasteiger partial charge is 0.476 e. The summed E-state index contributed by atoms with van der Waals surface area (Å²) >= 11 is 5.90. The number of carbonyl (C=O) groups is 1. The summed E-state index contributed by atoms with van der Waals surface area (Å²) in [5, 5.41) is 23.1. The molecule has 0 bridgehead atoms. The van der Waals surface area contributed by atoms with Gasteiger partial charge in [0.15, 0.2) is 5.69 Å². The van der Waals surface area contributed by atoms with Gasteiger partial charge in [0.1, 0.15) is 5.75 Å². The van der Waals surface area contributed by atoms with E-state index in [0.29, 0.717) is 10.8 Å². The lowest BCUT2D eigenvalue weighted by atomic mass is 10.2. The average Bonchev–Trinajstić information content (AvgIpc) is 2.77. The Morgan fingerprint density at radius 3 is 2.71 bits per heavy atom. The van der Waals surface area contributed by atoms with E-state index in [1.165, 1.54) is 4.68 Å². The van der Waals surface area contributed by atoms with Crippen molar-refractivity contribution in [2.45, 2.75) is 26.5 Å². The maximum Gasteiger partial charge on any atom is 0.356 e. The lowest BCUT2D eigenvalue weighted by Gasteiger charge is -2.13. The Bertz CT molecular complexity index is 667. The highest BCUT2D eigenvalue weighted by atomic mass is 35.5. The number of halogens is 1. The van der Waals surface area contributed by atoms with Crippen LogP contribution in [0.25, 0.3) is 0 Å². The van der Waals surface area contributed by atoms with Gasteiger partial charge in [0, 0.05) is 5.02 Å². The van der Waals surface area contributed by atoms with Gasteiger partial charge in [0.2, 0.25) is 5.88 Å². The number of aliphatic hydroxyl groups excluding tert-OH is 1. The van der Waals surface area contributed by atoms with Gasteiger partial charge in [0.25, 0.3) is 0 Å². The summed E-state index contributed by atoms with van der Waals surface area (Å²) in [6.07, 6.45) is 0. The van der Waals surface area contributed by atoms with E-state index in [2.05, 4.69) is 5.10 Å². The predicted molar refractivity (Wildman–Crippen MR) is 77.0 cm³/mol. The topological polar surface area (TPSA) is 84.6 Å². The first kappa shape index (κ1) is 15.3. The lowest BCUT2D eigenvalue weighted by molar-refractivity contribution is 0.0685. The van der Waals surface area contributed by atoms with Crippen LogP contribution in [0.5, 0.6) is 11.6 Å². The smallest absolute Gasteiger partial charge is 0.356 e. The van der Waals surface area contributed by atoms with Gasteiger partial charge in [-0.15, -0.1) is 0 Å². The second-order valence-corrected chi connectivity index (χ2v) is 5.13. The standard InChI is InChI=1S/C14H15ClN2O4/c1-8(2)17-13(11(7-18)12(16-17)14(19)20)21-10-5-3-4-9(15)6-10/h3-6,8,18H,7H2,1-2H3,(H,19,20). The molecule has 0 aliphatic heterocycles. The number of ether oxygens (including phenoxy) is 1. The number of aliphatic hydroxyl groups is 1.